The maximum atomic E-state index is 13.7. The molecule has 2 amide bonds. The Bertz CT molecular complexity index is 1600. The number of hydrogen-bond acceptors (Lipinski definition) is 9. The fourth-order valence-corrected chi connectivity index (χ4v) is 5.93. The molecule has 45 heavy (non-hydrogen) atoms. The Morgan fingerprint density at radius 2 is 1.89 bits per heavy atom. The highest BCUT2D eigenvalue weighted by molar-refractivity contribution is 5.91. The topological polar surface area (TPSA) is 146 Å². The maximum absolute atomic E-state index is 13.7. The number of nitrogens with zero attached hydrogens (tertiary/aromatic N) is 7. The van der Waals surface area contributed by atoms with E-state index in [1.807, 2.05) is 55.7 Å². The van der Waals surface area contributed by atoms with Gasteiger partial charge in [0.15, 0.2) is 0 Å². The Balaban J connectivity index is 1.12. The lowest BCUT2D eigenvalue weighted by Gasteiger charge is -2.36. The van der Waals surface area contributed by atoms with Crippen molar-refractivity contribution in [3.63, 3.8) is 0 Å². The second kappa shape index (κ2) is 14.2. The van der Waals surface area contributed by atoms with Gasteiger partial charge in [-0.25, -0.2) is 14.8 Å². The van der Waals surface area contributed by atoms with Crippen LogP contribution in [0.4, 0.5) is 22.4 Å². The van der Waals surface area contributed by atoms with E-state index in [9.17, 15) is 10.1 Å². The molecule has 232 valence electrons. The van der Waals surface area contributed by atoms with Crippen LogP contribution in [0, 0.1) is 11.3 Å². The number of pyridine rings is 1. The van der Waals surface area contributed by atoms with Crippen molar-refractivity contribution in [3.8, 4) is 17.2 Å². The van der Waals surface area contributed by atoms with Crippen LogP contribution in [-0.4, -0.2) is 62.1 Å². The molecule has 2 aliphatic rings. The fourth-order valence-electron chi connectivity index (χ4n) is 5.93. The third kappa shape index (κ3) is 7.56. The van der Waals surface area contributed by atoms with Crippen LogP contribution in [0.15, 0.2) is 67.3 Å². The maximum Gasteiger partial charge on any atom is 0.323 e. The number of carbonyl (C=O) groups excluding carboxylic acids is 1. The monoisotopic (exact) mass is 606 g/mol. The van der Waals surface area contributed by atoms with E-state index in [0.29, 0.717) is 36.2 Å². The summed E-state index contributed by atoms with van der Waals surface area (Å²) in [7, 11) is 1.88. The number of nitriles is 1. The quantitative estimate of drug-likeness (QED) is 0.230. The van der Waals surface area contributed by atoms with E-state index >= 15 is 0 Å². The van der Waals surface area contributed by atoms with Crippen molar-refractivity contribution in [2.75, 3.05) is 28.7 Å². The zero-order valence-electron chi connectivity index (χ0n) is 25.4. The number of amides is 2. The van der Waals surface area contributed by atoms with E-state index in [1.165, 1.54) is 0 Å². The first kappa shape index (κ1) is 30.0. The van der Waals surface area contributed by atoms with Gasteiger partial charge in [0.05, 0.1) is 18.5 Å². The number of aryl methyl sites for hydroxylation is 1. The third-order valence-corrected chi connectivity index (χ3v) is 8.36. The van der Waals surface area contributed by atoms with Crippen LogP contribution in [0.25, 0.3) is 11.1 Å². The van der Waals surface area contributed by atoms with Gasteiger partial charge in [-0.1, -0.05) is 30.3 Å². The molecule has 2 fully saturated rings. The van der Waals surface area contributed by atoms with E-state index in [-0.39, 0.29) is 24.2 Å². The molecule has 1 unspecified atom stereocenters. The molecule has 1 aliphatic carbocycles. The molecular formula is C33H38N10O2. The van der Waals surface area contributed by atoms with Crippen molar-refractivity contribution in [2.24, 2.45) is 7.05 Å². The van der Waals surface area contributed by atoms with Gasteiger partial charge in [-0.05, 0) is 56.2 Å². The molecule has 1 saturated heterocycles. The Hall–Kier alpha value is -5.02. The number of carbonyl (C=O) groups is 1. The average Bonchev–Trinajstić information content (AvgIpc) is 3.77. The van der Waals surface area contributed by atoms with Crippen molar-refractivity contribution >= 4 is 23.6 Å². The molecule has 12 nitrogen and oxygen atoms in total. The van der Waals surface area contributed by atoms with Crippen LogP contribution in [0.2, 0.25) is 0 Å². The highest BCUT2D eigenvalue weighted by atomic mass is 16.5. The minimum Gasteiger partial charge on any atom is -0.376 e. The predicted octanol–water partition coefficient (Wildman–Crippen LogP) is 4.87. The van der Waals surface area contributed by atoms with E-state index in [1.54, 1.807) is 28.2 Å². The second-order valence-corrected chi connectivity index (χ2v) is 11.6. The summed E-state index contributed by atoms with van der Waals surface area (Å²) < 4.78 is 7.45. The lowest BCUT2D eigenvalue weighted by Crippen LogP contribution is -2.49. The van der Waals surface area contributed by atoms with Gasteiger partial charge < -0.3 is 20.7 Å². The molecule has 1 aromatic carbocycles. The summed E-state index contributed by atoms with van der Waals surface area (Å²) >= 11 is 0. The van der Waals surface area contributed by atoms with Gasteiger partial charge in [-0.3, -0.25) is 9.58 Å². The van der Waals surface area contributed by atoms with Crippen molar-refractivity contribution in [1.82, 2.24) is 30.0 Å². The highest BCUT2D eigenvalue weighted by Crippen LogP contribution is 2.30. The van der Waals surface area contributed by atoms with Crippen molar-refractivity contribution < 1.29 is 9.53 Å². The van der Waals surface area contributed by atoms with Crippen LogP contribution in [0.3, 0.4) is 0 Å². The molecule has 0 bridgehead atoms. The Kier molecular flexibility index (Phi) is 9.46. The molecule has 6 rings (SSSR count). The van der Waals surface area contributed by atoms with Gasteiger partial charge in [-0.15, -0.1) is 0 Å². The molecule has 1 saturated carbocycles. The molecule has 4 aromatic rings. The second-order valence-electron chi connectivity index (χ2n) is 11.6. The number of benzene rings is 1. The van der Waals surface area contributed by atoms with Gasteiger partial charge in [0.2, 0.25) is 5.95 Å². The largest absolute Gasteiger partial charge is 0.376 e. The molecular weight excluding hydrogens is 568 g/mol. The Morgan fingerprint density at radius 3 is 2.58 bits per heavy atom. The van der Waals surface area contributed by atoms with Crippen LogP contribution in [0.5, 0.6) is 0 Å². The van der Waals surface area contributed by atoms with E-state index in [2.05, 4.69) is 37.1 Å². The summed E-state index contributed by atoms with van der Waals surface area (Å²) in [5.41, 5.74) is 3.35. The van der Waals surface area contributed by atoms with Crippen LogP contribution in [-0.2, 0) is 18.3 Å². The molecule has 4 heterocycles. The normalized spacial score (nSPS) is 19.4. The molecule has 1 atom stereocenters. The summed E-state index contributed by atoms with van der Waals surface area (Å²) in [5, 5.41) is 23.6. The lowest BCUT2D eigenvalue weighted by atomic mass is 9.90. The van der Waals surface area contributed by atoms with Gasteiger partial charge in [-0.2, -0.15) is 15.3 Å². The van der Waals surface area contributed by atoms with E-state index in [0.717, 1.165) is 61.8 Å². The number of aromatic nitrogens is 5. The number of urea groups is 1. The minimum absolute atomic E-state index is 0.0268. The summed E-state index contributed by atoms with van der Waals surface area (Å²) in [6.07, 6.45) is 12.5. The van der Waals surface area contributed by atoms with Crippen LogP contribution in [0.1, 0.15) is 49.7 Å². The molecule has 12 heteroatoms. The van der Waals surface area contributed by atoms with Crippen molar-refractivity contribution in [1.29, 1.82) is 5.26 Å². The van der Waals surface area contributed by atoms with Crippen molar-refractivity contribution in [3.05, 3.63) is 78.4 Å². The van der Waals surface area contributed by atoms with E-state index < -0.39 is 0 Å². The highest BCUT2D eigenvalue weighted by Gasteiger charge is 2.31. The first-order chi connectivity index (χ1) is 22.1. The van der Waals surface area contributed by atoms with Crippen molar-refractivity contribution in [2.45, 2.75) is 63.3 Å². The predicted molar refractivity (Wildman–Crippen MR) is 171 cm³/mol. The third-order valence-electron chi connectivity index (χ3n) is 8.36. The molecule has 3 N–H and O–H groups in total. The summed E-state index contributed by atoms with van der Waals surface area (Å²) in [6.45, 7) is 1.81. The fraction of sp³-hybridized carbons (Fsp3) is 0.394. The molecule has 1 aliphatic heterocycles. The summed E-state index contributed by atoms with van der Waals surface area (Å²) in [5.74, 6) is 1.61. The van der Waals surface area contributed by atoms with Crippen LogP contribution >= 0.6 is 0 Å². The SMILES string of the molecule is Cn1cc(-c2ccc(N(C(=O)NCc3ccccc3)[C@H]3CC[C@H](Nc4ncc(C#N)c(NCC5CCCO5)n4)CC3)nc2)cn1. The molecule has 0 spiro atoms. The number of nitrogens with one attached hydrogen (secondary N) is 3. The minimum atomic E-state index is -0.172. The van der Waals surface area contributed by atoms with Gasteiger partial charge in [0, 0.05) is 62.3 Å². The van der Waals surface area contributed by atoms with Gasteiger partial charge >= 0.3 is 6.03 Å². The standard InChI is InChI=1S/C33H38N10O2/c1-42-22-26(20-39-42)24-9-14-30(35-18-24)43(33(44)38-17-23-6-3-2-4-7-23)28-12-10-27(11-13-28)40-32-37-19-25(16-34)31(41-32)36-21-29-8-5-15-45-29/h2-4,6-7,9,14,18-20,22,27-29H,5,8,10-13,15,17,21H2,1H3,(H,38,44)(H2,36,37,40,41)/t27-,28-,29?. The smallest absolute Gasteiger partial charge is 0.323 e. The molecule has 3 aromatic heterocycles. The summed E-state index contributed by atoms with van der Waals surface area (Å²) in [6, 6.07) is 15.9. The number of ether oxygens (including phenoxy) is 1. The Labute approximate surface area is 262 Å². The van der Waals surface area contributed by atoms with Crippen LogP contribution < -0.4 is 20.9 Å². The van der Waals surface area contributed by atoms with Gasteiger partial charge in [0.1, 0.15) is 23.3 Å². The lowest BCUT2D eigenvalue weighted by molar-refractivity contribution is 0.120. The molecule has 0 radical (unpaired) electrons. The first-order valence-electron chi connectivity index (χ1n) is 15.5. The number of hydrogen-bond donors (Lipinski definition) is 3. The zero-order valence-corrected chi connectivity index (χ0v) is 25.4. The van der Waals surface area contributed by atoms with Gasteiger partial charge in [0.25, 0.3) is 0 Å². The number of rotatable bonds is 10. The zero-order chi connectivity index (χ0) is 31.0. The van der Waals surface area contributed by atoms with E-state index in [4.69, 9.17) is 9.72 Å². The average molecular weight is 607 g/mol. The summed E-state index contributed by atoms with van der Waals surface area (Å²) in [4.78, 5) is 29.2. The number of anilines is 3. The first-order valence-corrected chi connectivity index (χ1v) is 15.5. The Morgan fingerprint density at radius 1 is 1.04 bits per heavy atom.